The third-order valence-electron chi connectivity index (χ3n) is 2.66. The molecular weight excluding hydrogens is 266 g/mol. The Morgan fingerprint density at radius 2 is 2.11 bits per heavy atom. The molecule has 19 heavy (non-hydrogen) atoms. The van der Waals surface area contributed by atoms with Crippen LogP contribution in [-0.2, 0) is 0 Å². The van der Waals surface area contributed by atoms with Crippen LogP contribution in [0.15, 0.2) is 18.2 Å². The number of rotatable bonds is 2. The molecule has 0 bridgehead atoms. The Morgan fingerprint density at radius 1 is 1.32 bits per heavy atom. The molecule has 2 aromatic rings. The number of anilines is 1. The Balaban J connectivity index is 1.80. The van der Waals surface area contributed by atoms with Gasteiger partial charge in [-0.1, -0.05) is 4.49 Å². The first-order valence-electron chi connectivity index (χ1n) is 5.74. The van der Waals surface area contributed by atoms with Crippen LogP contribution in [0.2, 0.25) is 0 Å². The van der Waals surface area contributed by atoms with Gasteiger partial charge in [-0.25, -0.2) is 0 Å². The van der Waals surface area contributed by atoms with E-state index in [2.05, 4.69) is 14.9 Å². The summed E-state index contributed by atoms with van der Waals surface area (Å²) in [5.74, 6) is 1.12. The second-order valence-corrected chi connectivity index (χ2v) is 4.75. The Labute approximate surface area is 113 Å². The van der Waals surface area contributed by atoms with Gasteiger partial charge in [0.1, 0.15) is 18.1 Å². The Hall–Kier alpha value is -2.15. The van der Waals surface area contributed by atoms with E-state index in [0.717, 1.165) is 11.5 Å². The highest BCUT2D eigenvalue weighted by Gasteiger charge is 2.16. The van der Waals surface area contributed by atoms with Gasteiger partial charge in [0.25, 0.3) is 5.91 Å². The molecule has 1 aliphatic heterocycles. The van der Waals surface area contributed by atoms with Crippen molar-refractivity contribution in [3.8, 4) is 11.5 Å². The number of nitrogens with zero attached hydrogens (tertiary/aromatic N) is 2. The predicted molar refractivity (Wildman–Crippen MR) is 70.0 cm³/mol. The van der Waals surface area contributed by atoms with Crippen LogP contribution in [0.3, 0.4) is 0 Å². The van der Waals surface area contributed by atoms with E-state index in [9.17, 15) is 4.79 Å². The van der Waals surface area contributed by atoms with E-state index in [1.807, 2.05) is 0 Å². The molecule has 1 N–H and O–H groups in total. The number of hydrogen-bond donors (Lipinski definition) is 1. The number of aryl methyl sites for hydroxylation is 1. The fourth-order valence-corrected chi connectivity index (χ4v) is 2.30. The van der Waals surface area contributed by atoms with Crippen LogP contribution in [0.1, 0.15) is 15.4 Å². The van der Waals surface area contributed by atoms with Crippen LogP contribution in [0.4, 0.5) is 5.69 Å². The van der Waals surface area contributed by atoms with Crippen molar-refractivity contribution in [2.75, 3.05) is 18.5 Å². The minimum absolute atomic E-state index is 0.218. The summed E-state index contributed by atoms with van der Waals surface area (Å²) < 4.78 is 14.6. The molecule has 0 atom stereocenters. The van der Waals surface area contributed by atoms with E-state index in [4.69, 9.17) is 9.47 Å². The first-order chi connectivity index (χ1) is 9.24. The van der Waals surface area contributed by atoms with E-state index in [0.29, 0.717) is 41.0 Å². The highest BCUT2D eigenvalue weighted by molar-refractivity contribution is 7.08. The topological polar surface area (TPSA) is 73.3 Å². The fraction of sp³-hybridized carbons (Fsp3) is 0.250. The molecule has 0 fully saturated rings. The van der Waals surface area contributed by atoms with Crippen molar-refractivity contribution in [2.24, 2.45) is 0 Å². The quantitative estimate of drug-likeness (QED) is 0.907. The van der Waals surface area contributed by atoms with E-state index < -0.39 is 0 Å². The van der Waals surface area contributed by atoms with Gasteiger partial charge in [0.2, 0.25) is 0 Å². The Bertz CT molecular complexity index is 626. The lowest BCUT2D eigenvalue weighted by molar-refractivity contribution is 0.102. The summed E-state index contributed by atoms with van der Waals surface area (Å²) in [6.45, 7) is 2.81. The first kappa shape index (κ1) is 11.9. The van der Waals surface area contributed by atoms with Gasteiger partial charge in [0.05, 0.1) is 5.69 Å². The summed E-state index contributed by atoms with van der Waals surface area (Å²) in [5.41, 5.74) is 1.28. The molecule has 2 heterocycles. The van der Waals surface area contributed by atoms with Gasteiger partial charge in [-0.2, -0.15) is 0 Å². The summed E-state index contributed by atoms with van der Waals surface area (Å²) in [5, 5.41) is 6.60. The van der Waals surface area contributed by atoms with Gasteiger partial charge in [0.15, 0.2) is 11.5 Å². The molecule has 6 nitrogen and oxygen atoms in total. The van der Waals surface area contributed by atoms with Crippen LogP contribution in [0, 0.1) is 6.92 Å². The van der Waals surface area contributed by atoms with Crippen molar-refractivity contribution in [1.82, 2.24) is 9.59 Å². The number of benzene rings is 1. The highest BCUT2D eigenvalue weighted by Crippen LogP contribution is 2.32. The van der Waals surface area contributed by atoms with Crippen LogP contribution >= 0.6 is 11.5 Å². The summed E-state index contributed by atoms with van der Waals surface area (Å²) in [4.78, 5) is 12.5. The standard InChI is InChI=1S/C12H11N3O3S/c1-7-11(19-15-14-7)12(16)13-8-2-3-9-10(6-8)18-5-4-17-9/h2-3,6H,4-5H2,1H3,(H,13,16). The molecule has 1 amide bonds. The van der Waals surface area contributed by atoms with Crippen LogP contribution in [0.25, 0.3) is 0 Å². The molecule has 98 valence electrons. The van der Waals surface area contributed by atoms with Crippen molar-refractivity contribution in [2.45, 2.75) is 6.92 Å². The molecule has 0 saturated carbocycles. The molecule has 0 aliphatic carbocycles. The molecule has 1 aromatic carbocycles. The van der Waals surface area contributed by atoms with Crippen molar-refractivity contribution < 1.29 is 14.3 Å². The minimum atomic E-state index is -0.218. The van der Waals surface area contributed by atoms with Gasteiger partial charge >= 0.3 is 0 Å². The zero-order valence-corrected chi connectivity index (χ0v) is 11.0. The second kappa shape index (κ2) is 4.85. The average molecular weight is 277 g/mol. The lowest BCUT2D eigenvalue weighted by atomic mass is 10.2. The average Bonchev–Trinajstić information content (AvgIpc) is 2.85. The lowest BCUT2D eigenvalue weighted by Gasteiger charge is -2.18. The van der Waals surface area contributed by atoms with Gasteiger partial charge in [0, 0.05) is 11.8 Å². The highest BCUT2D eigenvalue weighted by atomic mass is 32.1. The minimum Gasteiger partial charge on any atom is -0.486 e. The molecule has 0 radical (unpaired) electrons. The van der Waals surface area contributed by atoms with Gasteiger partial charge in [-0.15, -0.1) is 5.10 Å². The molecule has 0 saturated heterocycles. The maximum absolute atomic E-state index is 12.0. The Kier molecular flexibility index (Phi) is 3.04. The van der Waals surface area contributed by atoms with Gasteiger partial charge in [-0.3, -0.25) is 4.79 Å². The van der Waals surface area contributed by atoms with Crippen molar-refractivity contribution in [1.29, 1.82) is 0 Å². The van der Waals surface area contributed by atoms with E-state index >= 15 is 0 Å². The predicted octanol–water partition coefficient (Wildman–Crippen LogP) is 1.87. The van der Waals surface area contributed by atoms with Gasteiger partial charge in [-0.05, 0) is 30.6 Å². The summed E-state index contributed by atoms with van der Waals surface area (Å²) in [7, 11) is 0. The number of amides is 1. The number of carbonyl (C=O) groups is 1. The number of nitrogens with one attached hydrogen (secondary N) is 1. The SMILES string of the molecule is Cc1nnsc1C(=O)Nc1ccc2c(c1)OCCO2. The number of hydrogen-bond acceptors (Lipinski definition) is 6. The van der Waals surface area contributed by atoms with Crippen molar-refractivity contribution in [3.63, 3.8) is 0 Å². The molecular formula is C12H11N3O3S. The largest absolute Gasteiger partial charge is 0.486 e. The Morgan fingerprint density at radius 3 is 2.84 bits per heavy atom. The smallest absolute Gasteiger partial charge is 0.269 e. The van der Waals surface area contributed by atoms with Crippen molar-refractivity contribution >= 4 is 23.1 Å². The number of fused-ring (bicyclic) bond motifs is 1. The zero-order valence-electron chi connectivity index (χ0n) is 10.2. The molecule has 1 aliphatic rings. The molecule has 0 spiro atoms. The molecule has 7 heteroatoms. The zero-order chi connectivity index (χ0) is 13.2. The summed E-state index contributed by atoms with van der Waals surface area (Å²) in [6, 6.07) is 5.30. The second-order valence-electron chi connectivity index (χ2n) is 4.00. The monoisotopic (exact) mass is 277 g/mol. The van der Waals surface area contributed by atoms with Crippen LogP contribution in [0.5, 0.6) is 11.5 Å². The number of ether oxygens (including phenoxy) is 2. The van der Waals surface area contributed by atoms with E-state index in [-0.39, 0.29) is 5.91 Å². The third-order valence-corrected chi connectivity index (χ3v) is 3.48. The molecule has 1 aromatic heterocycles. The first-order valence-corrected chi connectivity index (χ1v) is 6.51. The van der Waals surface area contributed by atoms with E-state index in [1.54, 1.807) is 25.1 Å². The fourth-order valence-electron chi connectivity index (χ4n) is 1.75. The maximum Gasteiger partial charge on any atom is 0.269 e. The normalized spacial score (nSPS) is 13.1. The summed E-state index contributed by atoms with van der Waals surface area (Å²) >= 11 is 1.08. The van der Waals surface area contributed by atoms with Crippen LogP contribution in [-0.4, -0.2) is 28.7 Å². The molecule has 0 unspecified atom stereocenters. The third kappa shape index (κ3) is 2.37. The van der Waals surface area contributed by atoms with Crippen LogP contribution < -0.4 is 14.8 Å². The number of carbonyl (C=O) groups excluding carboxylic acids is 1. The maximum atomic E-state index is 12.0. The van der Waals surface area contributed by atoms with Gasteiger partial charge < -0.3 is 14.8 Å². The number of aromatic nitrogens is 2. The molecule has 3 rings (SSSR count). The lowest BCUT2D eigenvalue weighted by Crippen LogP contribution is -2.16. The van der Waals surface area contributed by atoms with Crippen molar-refractivity contribution in [3.05, 3.63) is 28.8 Å². The summed E-state index contributed by atoms with van der Waals surface area (Å²) in [6.07, 6.45) is 0. The van der Waals surface area contributed by atoms with E-state index in [1.165, 1.54) is 0 Å².